The number of rotatable bonds is 7. The third-order valence-electron chi connectivity index (χ3n) is 3.50. The molecule has 0 aliphatic rings. The van der Waals surface area contributed by atoms with Crippen LogP contribution in [0.2, 0.25) is 0 Å². The first-order chi connectivity index (χ1) is 12.6. The third kappa shape index (κ3) is 4.62. The number of carbonyl (C=O) groups is 1. The molecular weight excluding hydrogens is 344 g/mol. The molecule has 2 aromatic heterocycles. The molecule has 6 nitrogen and oxygen atoms in total. The fourth-order valence-corrected chi connectivity index (χ4v) is 2.19. The molecule has 1 amide bonds. The van der Waals surface area contributed by atoms with Crippen LogP contribution in [0, 0.1) is 11.6 Å². The van der Waals surface area contributed by atoms with Gasteiger partial charge in [-0.1, -0.05) is 5.16 Å². The van der Waals surface area contributed by atoms with E-state index in [4.69, 9.17) is 9.26 Å². The van der Waals surface area contributed by atoms with Crippen LogP contribution in [-0.2, 0) is 13.0 Å². The summed E-state index contributed by atoms with van der Waals surface area (Å²) in [6.07, 6.45) is 4.03. The van der Waals surface area contributed by atoms with E-state index in [1.54, 1.807) is 12.4 Å². The highest BCUT2D eigenvalue weighted by atomic mass is 19.1. The maximum atomic E-state index is 13.5. The summed E-state index contributed by atoms with van der Waals surface area (Å²) < 4.78 is 36.5. The smallest absolute Gasteiger partial charge is 0.273 e. The quantitative estimate of drug-likeness (QED) is 0.702. The molecule has 0 spiro atoms. The van der Waals surface area contributed by atoms with Crippen LogP contribution in [0.1, 0.15) is 21.8 Å². The lowest BCUT2D eigenvalue weighted by molar-refractivity contribution is 0.0944. The molecule has 3 rings (SSSR count). The number of nitrogens with one attached hydrogen (secondary N) is 1. The number of hydrogen-bond donors (Lipinski definition) is 1. The molecule has 0 aliphatic heterocycles. The molecule has 2 heterocycles. The van der Waals surface area contributed by atoms with Crippen LogP contribution in [-0.4, -0.2) is 22.6 Å². The first-order valence-corrected chi connectivity index (χ1v) is 7.82. The largest absolute Gasteiger partial charge is 0.482 e. The van der Waals surface area contributed by atoms with Crippen LogP contribution in [0.25, 0.3) is 0 Å². The molecular formula is C18H15F2N3O3. The fraction of sp³-hybridized carbons (Fsp3) is 0.167. The van der Waals surface area contributed by atoms with E-state index >= 15 is 0 Å². The van der Waals surface area contributed by atoms with E-state index in [0.29, 0.717) is 13.0 Å². The van der Waals surface area contributed by atoms with Gasteiger partial charge in [0, 0.05) is 31.1 Å². The van der Waals surface area contributed by atoms with Gasteiger partial charge in [-0.2, -0.15) is 0 Å². The summed E-state index contributed by atoms with van der Waals surface area (Å²) in [5.74, 6) is -1.78. The molecule has 1 N–H and O–H groups in total. The van der Waals surface area contributed by atoms with Crippen molar-refractivity contribution in [1.82, 2.24) is 15.5 Å². The number of carbonyl (C=O) groups excluding carboxylic acids is 1. The Hall–Kier alpha value is -3.29. The van der Waals surface area contributed by atoms with Gasteiger partial charge in [0.2, 0.25) is 0 Å². The van der Waals surface area contributed by atoms with Gasteiger partial charge in [-0.15, -0.1) is 0 Å². The molecule has 26 heavy (non-hydrogen) atoms. The Bertz CT molecular complexity index is 884. The van der Waals surface area contributed by atoms with E-state index < -0.39 is 11.6 Å². The minimum absolute atomic E-state index is 0.0953. The first-order valence-electron chi connectivity index (χ1n) is 7.82. The van der Waals surface area contributed by atoms with Gasteiger partial charge in [-0.05, 0) is 36.2 Å². The van der Waals surface area contributed by atoms with Crippen molar-refractivity contribution in [3.63, 3.8) is 0 Å². The van der Waals surface area contributed by atoms with Crippen LogP contribution in [0.3, 0.4) is 0 Å². The lowest BCUT2D eigenvalue weighted by Crippen LogP contribution is -2.25. The molecule has 0 saturated carbocycles. The Balaban J connectivity index is 1.49. The lowest BCUT2D eigenvalue weighted by Gasteiger charge is -2.04. The van der Waals surface area contributed by atoms with Crippen molar-refractivity contribution in [1.29, 1.82) is 0 Å². The Morgan fingerprint density at radius 2 is 1.96 bits per heavy atom. The van der Waals surface area contributed by atoms with Gasteiger partial charge in [0.25, 0.3) is 5.91 Å². The summed E-state index contributed by atoms with van der Waals surface area (Å²) in [6, 6.07) is 8.12. The SMILES string of the molecule is O=C(NCCc1ccncc1)c1cc(COc2ccc(F)cc2F)on1. The number of amides is 1. The molecule has 134 valence electrons. The van der Waals surface area contributed by atoms with Crippen molar-refractivity contribution in [3.05, 3.63) is 77.4 Å². The van der Waals surface area contributed by atoms with Gasteiger partial charge in [0.1, 0.15) is 12.4 Å². The predicted molar refractivity (Wildman–Crippen MR) is 87.5 cm³/mol. The average Bonchev–Trinajstić information content (AvgIpc) is 3.11. The standard InChI is InChI=1S/C18H15F2N3O3/c19-13-1-2-17(15(20)9-13)25-11-14-10-16(23-26-14)18(24)22-8-5-12-3-6-21-7-4-12/h1-4,6-7,9-10H,5,8,11H2,(H,22,24). The second-order valence-corrected chi connectivity index (χ2v) is 5.40. The predicted octanol–water partition coefficient (Wildman–Crippen LogP) is 2.90. The maximum Gasteiger partial charge on any atom is 0.273 e. The van der Waals surface area contributed by atoms with E-state index in [1.165, 1.54) is 12.1 Å². The van der Waals surface area contributed by atoms with Gasteiger partial charge < -0.3 is 14.6 Å². The van der Waals surface area contributed by atoms with E-state index in [9.17, 15) is 13.6 Å². The minimum atomic E-state index is -0.821. The van der Waals surface area contributed by atoms with Gasteiger partial charge in [-0.3, -0.25) is 9.78 Å². The van der Waals surface area contributed by atoms with E-state index in [2.05, 4.69) is 15.5 Å². The topological polar surface area (TPSA) is 77.2 Å². The van der Waals surface area contributed by atoms with Crippen molar-refractivity contribution < 1.29 is 22.8 Å². The molecule has 0 aliphatic carbocycles. The van der Waals surface area contributed by atoms with Crippen LogP contribution in [0.4, 0.5) is 8.78 Å². The van der Waals surface area contributed by atoms with Crippen LogP contribution in [0.5, 0.6) is 5.75 Å². The molecule has 0 unspecified atom stereocenters. The number of aromatic nitrogens is 2. The van der Waals surface area contributed by atoms with Crippen molar-refractivity contribution in [2.45, 2.75) is 13.0 Å². The van der Waals surface area contributed by atoms with Gasteiger partial charge in [-0.25, -0.2) is 8.78 Å². The van der Waals surface area contributed by atoms with E-state index in [-0.39, 0.29) is 29.7 Å². The number of hydrogen-bond acceptors (Lipinski definition) is 5. The molecule has 0 bridgehead atoms. The Morgan fingerprint density at radius 3 is 2.73 bits per heavy atom. The molecule has 8 heteroatoms. The summed E-state index contributed by atoms with van der Waals surface area (Å²) in [4.78, 5) is 15.9. The number of pyridine rings is 1. The molecule has 0 saturated heterocycles. The summed E-state index contributed by atoms with van der Waals surface area (Å²) in [5, 5.41) is 6.39. The molecule has 3 aromatic rings. The summed E-state index contributed by atoms with van der Waals surface area (Å²) in [6.45, 7) is 0.294. The molecule has 0 atom stereocenters. The van der Waals surface area contributed by atoms with Crippen LogP contribution in [0.15, 0.2) is 53.3 Å². The minimum Gasteiger partial charge on any atom is -0.482 e. The Labute approximate surface area is 147 Å². The van der Waals surface area contributed by atoms with Crippen LogP contribution >= 0.6 is 0 Å². The summed E-state index contributed by atoms with van der Waals surface area (Å²) in [7, 11) is 0. The van der Waals surface area contributed by atoms with Crippen molar-refractivity contribution >= 4 is 5.91 Å². The van der Waals surface area contributed by atoms with Crippen molar-refractivity contribution in [2.75, 3.05) is 6.54 Å². The zero-order chi connectivity index (χ0) is 18.4. The fourth-order valence-electron chi connectivity index (χ4n) is 2.19. The third-order valence-corrected chi connectivity index (χ3v) is 3.50. The first kappa shape index (κ1) is 17.5. The van der Waals surface area contributed by atoms with Crippen molar-refractivity contribution in [2.24, 2.45) is 0 Å². The molecule has 0 fully saturated rings. The highest BCUT2D eigenvalue weighted by Gasteiger charge is 2.13. The summed E-state index contributed by atoms with van der Waals surface area (Å²) >= 11 is 0. The van der Waals surface area contributed by atoms with E-state index in [0.717, 1.165) is 17.7 Å². The number of ether oxygens (including phenoxy) is 1. The van der Waals surface area contributed by atoms with Gasteiger partial charge >= 0.3 is 0 Å². The second-order valence-electron chi connectivity index (χ2n) is 5.40. The number of halogens is 2. The summed E-state index contributed by atoms with van der Waals surface area (Å²) in [5.41, 5.74) is 1.15. The zero-order valence-corrected chi connectivity index (χ0v) is 13.6. The average molecular weight is 359 g/mol. The molecule has 0 radical (unpaired) electrons. The maximum absolute atomic E-state index is 13.5. The molecule has 1 aromatic carbocycles. The van der Waals surface area contributed by atoms with Crippen LogP contribution < -0.4 is 10.1 Å². The number of benzene rings is 1. The van der Waals surface area contributed by atoms with Gasteiger partial charge in [0.05, 0.1) is 0 Å². The lowest BCUT2D eigenvalue weighted by atomic mass is 10.2. The monoisotopic (exact) mass is 359 g/mol. The normalized spacial score (nSPS) is 10.5. The highest BCUT2D eigenvalue weighted by molar-refractivity contribution is 5.92. The second kappa shape index (κ2) is 8.19. The Morgan fingerprint density at radius 1 is 1.15 bits per heavy atom. The van der Waals surface area contributed by atoms with Gasteiger partial charge in [0.15, 0.2) is 23.0 Å². The highest BCUT2D eigenvalue weighted by Crippen LogP contribution is 2.19. The van der Waals surface area contributed by atoms with Crippen molar-refractivity contribution in [3.8, 4) is 5.75 Å². The van der Waals surface area contributed by atoms with E-state index in [1.807, 2.05) is 12.1 Å². The number of nitrogens with zero attached hydrogens (tertiary/aromatic N) is 2. The Kier molecular flexibility index (Phi) is 5.52. The zero-order valence-electron chi connectivity index (χ0n) is 13.6.